The first-order valence-electron chi connectivity index (χ1n) is 6.58. The van der Waals surface area contributed by atoms with E-state index >= 15 is 0 Å². The quantitative estimate of drug-likeness (QED) is 0.647. The van der Waals surface area contributed by atoms with Crippen LogP contribution in [0.4, 0.5) is 5.82 Å². The Balaban J connectivity index is 2.22. The van der Waals surface area contributed by atoms with Gasteiger partial charge in [0.1, 0.15) is 11.3 Å². The number of benzene rings is 1. The van der Waals surface area contributed by atoms with E-state index in [0.717, 1.165) is 22.7 Å². The number of hydrogen-bond donors (Lipinski definition) is 0. The largest absolute Gasteiger partial charge is 0.284 e. The van der Waals surface area contributed by atoms with Crippen molar-refractivity contribution >= 4 is 17.7 Å². The van der Waals surface area contributed by atoms with Gasteiger partial charge in [0.05, 0.1) is 0 Å². The van der Waals surface area contributed by atoms with Crippen molar-refractivity contribution in [3.63, 3.8) is 0 Å². The van der Waals surface area contributed by atoms with Gasteiger partial charge in [0.2, 0.25) is 0 Å². The summed E-state index contributed by atoms with van der Waals surface area (Å²) in [5, 5.41) is 0. The third-order valence-electron chi connectivity index (χ3n) is 3.03. The maximum Gasteiger partial charge on any atom is 0.165 e. The second-order valence-electron chi connectivity index (χ2n) is 4.38. The molecular formula is C17H15N3. The van der Waals surface area contributed by atoms with Crippen molar-refractivity contribution in [2.24, 2.45) is 4.99 Å². The van der Waals surface area contributed by atoms with E-state index in [9.17, 15) is 0 Å². The van der Waals surface area contributed by atoms with Gasteiger partial charge in [-0.2, -0.15) is 0 Å². The highest BCUT2D eigenvalue weighted by molar-refractivity contribution is 5.80. The van der Waals surface area contributed by atoms with E-state index in [0.29, 0.717) is 0 Å². The highest BCUT2D eigenvalue weighted by Gasteiger charge is 2.11. The molecule has 1 aromatic carbocycles. The number of aromatic nitrogens is 2. The highest BCUT2D eigenvalue weighted by atomic mass is 15.1. The Morgan fingerprint density at radius 2 is 1.85 bits per heavy atom. The Labute approximate surface area is 117 Å². The Hall–Kier alpha value is -2.68. The van der Waals surface area contributed by atoms with Crippen molar-refractivity contribution in [3.05, 3.63) is 66.9 Å². The molecule has 0 amide bonds. The Morgan fingerprint density at radius 3 is 2.65 bits per heavy atom. The van der Waals surface area contributed by atoms with Crippen molar-refractivity contribution < 1.29 is 0 Å². The minimum absolute atomic E-state index is 0.852. The third-order valence-corrected chi connectivity index (χ3v) is 3.03. The summed E-state index contributed by atoms with van der Waals surface area (Å²) < 4.78 is 2.00. The van der Waals surface area contributed by atoms with E-state index < -0.39 is 0 Å². The summed E-state index contributed by atoms with van der Waals surface area (Å²) in [4.78, 5) is 9.24. The van der Waals surface area contributed by atoms with Crippen molar-refractivity contribution in [2.75, 3.05) is 0 Å². The lowest BCUT2D eigenvalue weighted by atomic mass is 10.1. The average Bonchev–Trinajstić information content (AvgIpc) is 2.87. The summed E-state index contributed by atoms with van der Waals surface area (Å²) in [6, 6.07) is 16.1. The molecule has 0 unspecified atom stereocenters. The molecule has 3 heteroatoms. The molecule has 98 valence electrons. The molecule has 0 aliphatic heterocycles. The molecule has 0 saturated carbocycles. The molecule has 0 radical (unpaired) electrons. The van der Waals surface area contributed by atoms with Gasteiger partial charge in [-0.15, -0.1) is 0 Å². The maximum atomic E-state index is 4.69. The van der Waals surface area contributed by atoms with Crippen LogP contribution in [0.15, 0.2) is 71.9 Å². The maximum absolute atomic E-state index is 4.69. The molecule has 0 aliphatic rings. The zero-order valence-corrected chi connectivity index (χ0v) is 11.3. The zero-order valence-electron chi connectivity index (χ0n) is 11.3. The standard InChI is InChI=1S/C17H15N3/c1-2-3-12-18-17-16(14-9-5-4-6-10-14)19-15-11-7-8-13-20(15)17/h2-13H,1H3/b3-2+,18-12+. The molecule has 0 spiro atoms. The van der Waals surface area contributed by atoms with Crippen LogP contribution in [0.2, 0.25) is 0 Å². The number of hydrogen-bond acceptors (Lipinski definition) is 2. The highest BCUT2D eigenvalue weighted by Crippen LogP contribution is 2.30. The van der Waals surface area contributed by atoms with Crippen molar-refractivity contribution in [2.45, 2.75) is 6.92 Å². The van der Waals surface area contributed by atoms with E-state index in [1.54, 1.807) is 6.21 Å². The van der Waals surface area contributed by atoms with Crippen LogP contribution < -0.4 is 0 Å². The first-order chi connectivity index (χ1) is 9.90. The average molecular weight is 261 g/mol. The van der Waals surface area contributed by atoms with E-state index in [2.05, 4.69) is 22.1 Å². The second-order valence-corrected chi connectivity index (χ2v) is 4.38. The molecule has 0 N–H and O–H groups in total. The van der Waals surface area contributed by atoms with Crippen LogP contribution in [0.25, 0.3) is 16.9 Å². The molecule has 2 heterocycles. The fourth-order valence-electron chi connectivity index (χ4n) is 2.10. The smallest absolute Gasteiger partial charge is 0.165 e. The van der Waals surface area contributed by atoms with E-state index in [4.69, 9.17) is 0 Å². The lowest BCUT2D eigenvalue weighted by molar-refractivity contribution is 1.17. The molecule has 3 aromatic rings. The molecule has 3 nitrogen and oxygen atoms in total. The van der Waals surface area contributed by atoms with Gasteiger partial charge in [-0.3, -0.25) is 4.40 Å². The van der Waals surface area contributed by atoms with Gasteiger partial charge in [0.15, 0.2) is 5.82 Å². The van der Waals surface area contributed by atoms with Crippen molar-refractivity contribution in [1.82, 2.24) is 9.38 Å². The first kappa shape index (κ1) is 12.4. The summed E-state index contributed by atoms with van der Waals surface area (Å²) in [6.07, 6.45) is 7.64. The lowest BCUT2D eigenvalue weighted by Crippen LogP contribution is -1.82. The van der Waals surface area contributed by atoms with Crippen molar-refractivity contribution in [3.8, 4) is 11.3 Å². The van der Waals surface area contributed by atoms with Crippen LogP contribution >= 0.6 is 0 Å². The van der Waals surface area contributed by atoms with Gasteiger partial charge in [-0.25, -0.2) is 9.98 Å². The first-order valence-corrected chi connectivity index (χ1v) is 6.58. The molecule has 3 rings (SSSR count). The number of rotatable bonds is 3. The van der Waals surface area contributed by atoms with Crippen LogP contribution in [-0.4, -0.2) is 15.6 Å². The van der Waals surface area contributed by atoms with Crippen LogP contribution in [0.3, 0.4) is 0 Å². The van der Waals surface area contributed by atoms with E-state index in [1.807, 2.05) is 66.1 Å². The predicted molar refractivity (Wildman–Crippen MR) is 83.6 cm³/mol. The third kappa shape index (κ3) is 2.26. The van der Waals surface area contributed by atoms with Crippen LogP contribution in [0, 0.1) is 0 Å². The molecule has 0 atom stereocenters. The van der Waals surface area contributed by atoms with Gasteiger partial charge in [-0.05, 0) is 25.1 Å². The zero-order chi connectivity index (χ0) is 13.8. The second kappa shape index (κ2) is 5.53. The van der Waals surface area contributed by atoms with Crippen molar-refractivity contribution in [1.29, 1.82) is 0 Å². The molecule has 0 aliphatic carbocycles. The van der Waals surface area contributed by atoms with Gasteiger partial charge < -0.3 is 0 Å². The topological polar surface area (TPSA) is 29.7 Å². The Morgan fingerprint density at radius 1 is 1.05 bits per heavy atom. The molecule has 0 fully saturated rings. The van der Waals surface area contributed by atoms with Crippen LogP contribution in [0.1, 0.15) is 6.92 Å². The number of pyridine rings is 1. The number of fused-ring (bicyclic) bond motifs is 1. The van der Waals surface area contributed by atoms with Crippen LogP contribution in [-0.2, 0) is 0 Å². The monoisotopic (exact) mass is 261 g/mol. The van der Waals surface area contributed by atoms with E-state index in [1.165, 1.54) is 0 Å². The minimum atomic E-state index is 0.852. The minimum Gasteiger partial charge on any atom is -0.284 e. The van der Waals surface area contributed by atoms with Gasteiger partial charge in [0.25, 0.3) is 0 Å². The summed E-state index contributed by atoms with van der Waals surface area (Å²) in [7, 11) is 0. The van der Waals surface area contributed by atoms with Gasteiger partial charge in [-0.1, -0.05) is 42.5 Å². The summed E-state index contributed by atoms with van der Waals surface area (Å²) >= 11 is 0. The summed E-state index contributed by atoms with van der Waals surface area (Å²) in [6.45, 7) is 1.97. The molecular weight excluding hydrogens is 246 g/mol. The van der Waals surface area contributed by atoms with E-state index in [-0.39, 0.29) is 0 Å². The number of imidazole rings is 1. The SMILES string of the molecule is C/C=C/C=N/c1c(-c2ccccc2)nc2ccccn12. The Kier molecular flexibility index (Phi) is 3.42. The molecule has 0 saturated heterocycles. The predicted octanol–water partition coefficient (Wildman–Crippen LogP) is 4.28. The Bertz CT molecular complexity index is 767. The fourth-order valence-corrected chi connectivity index (χ4v) is 2.10. The summed E-state index contributed by atoms with van der Waals surface area (Å²) in [5.74, 6) is 0.852. The number of allylic oxidation sites excluding steroid dienone is 2. The summed E-state index contributed by atoms with van der Waals surface area (Å²) in [5.41, 5.74) is 2.88. The fraction of sp³-hybridized carbons (Fsp3) is 0.0588. The molecule has 0 bridgehead atoms. The van der Waals surface area contributed by atoms with Gasteiger partial charge in [0, 0.05) is 18.0 Å². The molecule has 2 aromatic heterocycles. The van der Waals surface area contributed by atoms with Gasteiger partial charge >= 0.3 is 0 Å². The van der Waals surface area contributed by atoms with Crippen LogP contribution in [0.5, 0.6) is 0 Å². The normalized spacial score (nSPS) is 11.8. The number of nitrogens with zero attached hydrogens (tertiary/aromatic N) is 3. The number of aliphatic imine (C=N–C) groups is 1. The lowest BCUT2D eigenvalue weighted by Gasteiger charge is -1.99. The molecule has 20 heavy (non-hydrogen) atoms.